The molecule has 268 valence electrons. The first-order valence-electron chi connectivity index (χ1n) is 15.5. The van der Waals surface area contributed by atoms with Crippen LogP contribution < -0.4 is 9.47 Å². The minimum atomic E-state index is -5.21. The van der Waals surface area contributed by atoms with Crippen LogP contribution in [0.4, 0.5) is 48.3 Å². The molecule has 0 N–H and O–H groups in total. The Bertz CT molecular complexity index is 1990. The average molecular weight is 725 g/mol. The summed E-state index contributed by atoms with van der Waals surface area (Å²) in [6.45, 7) is 2.10. The zero-order valence-corrected chi connectivity index (χ0v) is 26.5. The van der Waals surface area contributed by atoms with Gasteiger partial charge in [0, 0.05) is 17.2 Å². The molecule has 0 saturated carbocycles. The average Bonchev–Trinajstić information content (AvgIpc) is 3.06. The number of ether oxygens (including phenoxy) is 2. The summed E-state index contributed by atoms with van der Waals surface area (Å²) >= 11 is 0. The fourth-order valence-electron chi connectivity index (χ4n) is 5.28. The monoisotopic (exact) mass is 724 g/mol. The van der Waals surface area contributed by atoms with Crippen molar-refractivity contribution in [3.8, 4) is 44.9 Å². The van der Waals surface area contributed by atoms with Gasteiger partial charge in [-0.25, -0.2) is 22.0 Å². The Morgan fingerprint density at radius 1 is 0.549 bits per heavy atom. The molecule has 5 aromatic carbocycles. The Hall–Kier alpha value is -5.07. The van der Waals surface area contributed by atoms with Gasteiger partial charge in [-0.3, -0.25) is 0 Å². The van der Waals surface area contributed by atoms with Crippen LogP contribution >= 0.6 is 0 Å². The lowest BCUT2D eigenvalue weighted by Gasteiger charge is -2.20. The second kappa shape index (κ2) is 15.0. The highest BCUT2D eigenvalue weighted by molar-refractivity contribution is 5.72. The van der Waals surface area contributed by atoms with Crippen LogP contribution in [-0.4, -0.2) is 12.5 Å². The second-order valence-electron chi connectivity index (χ2n) is 11.5. The van der Waals surface area contributed by atoms with Crippen LogP contribution in [0.25, 0.3) is 33.4 Å². The fraction of sp³-hybridized carbons (Fsp3) is 0.211. The first kappa shape index (κ1) is 37.2. The molecule has 0 heterocycles. The molecule has 5 rings (SSSR count). The molecule has 2 nitrogen and oxygen atoms in total. The number of rotatable bonds is 13. The lowest BCUT2D eigenvalue weighted by molar-refractivity contribution is -0.255. The van der Waals surface area contributed by atoms with Gasteiger partial charge in [0.05, 0.1) is 5.56 Å². The molecule has 0 aliphatic heterocycles. The second-order valence-corrected chi connectivity index (χ2v) is 11.5. The smallest absolute Gasteiger partial charge is 0.429 e. The summed E-state index contributed by atoms with van der Waals surface area (Å²) in [5, 5.41) is 0. The van der Waals surface area contributed by atoms with E-state index in [9.17, 15) is 30.7 Å². The van der Waals surface area contributed by atoms with Crippen LogP contribution in [0, 0.1) is 29.1 Å². The van der Waals surface area contributed by atoms with Gasteiger partial charge in [-0.05, 0) is 83.1 Å². The van der Waals surface area contributed by atoms with Crippen molar-refractivity contribution in [2.75, 3.05) is 0 Å². The quantitative estimate of drug-likeness (QED) is 0.0889. The predicted octanol–water partition coefficient (Wildman–Crippen LogP) is 12.5. The number of unbranched alkanes of at least 4 members (excludes halogenated alkanes) is 2. The van der Waals surface area contributed by atoms with Gasteiger partial charge in [-0.1, -0.05) is 62.2 Å². The maximum atomic E-state index is 15.1. The van der Waals surface area contributed by atoms with Gasteiger partial charge < -0.3 is 9.47 Å². The Morgan fingerprint density at radius 2 is 1.10 bits per heavy atom. The molecular formula is C38H27F11O2. The van der Waals surface area contributed by atoms with Gasteiger partial charge in [0.2, 0.25) is 0 Å². The molecule has 13 heteroatoms. The maximum absolute atomic E-state index is 15.1. The summed E-state index contributed by atoms with van der Waals surface area (Å²) in [5.41, 5.74) is -0.510. The zero-order valence-electron chi connectivity index (χ0n) is 26.5. The molecule has 51 heavy (non-hydrogen) atoms. The third-order valence-corrected chi connectivity index (χ3v) is 7.91. The standard InChI is InChI=1S/C38H27F11O2/c1-2-3-4-5-21-6-8-22(9-7-21)23-11-15-29(32(41)16-23)37(46,47)50-26-12-14-27(31(40)20-26)24-10-13-28(30(39)17-24)25-18-33(42)35(34(43)19-25)51-38(48,49)36(44)45/h6-20,36H,2-5H2,1H3. The molecule has 0 aliphatic rings. The SMILES string of the molecule is CCCCCc1ccc(-c2ccc(C(F)(F)Oc3ccc(-c4ccc(-c5cc(F)c(OC(F)(F)C(F)F)c(F)c5)c(F)c4)c(F)c3)c(F)c2)cc1. The van der Waals surface area contributed by atoms with E-state index >= 15 is 17.6 Å². The van der Waals surface area contributed by atoms with Crippen LogP contribution in [0.15, 0.2) is 91.0 Å². The summed E-state index contributed by atoms with van der Waals surface area (Å²) in [5.74, 6) is -9.74. The van der Waals surface area contributed by atoms with Gasteiger partial charge in [-0.2, -0.15) is 26.3 Å². The molecule has 0 unspecified atom stereocenters. The van der Waals surface area contributed by atoms with E-state index < -0.39 is 75.9 Å². The number of halogens is 11. The zero-order chi connectivity index (χ0) is 37.1. The van der Waals surface area contributed by atoms with Gasteiger partial charge in [0.25, 0.3) is 0 Å². The highest BCUT2D eigenvalue weighted by Gasteiger charge is 2.45. The molecule has 0 amide bonds. The lowest BCUT2D eigenvalue weighted by Crippen LogP contribution is -2.34. The molecule has 5 aromatic rings. The van der Waals surface area contributed by atoms with E-state index in [2.05, 4.69) is 16.4 Å². The summed E-state index contributed by atoms with van der Waals surface area (Å²) in [6, 6.07) is 16.5. The van der Waals surface area contributed by atoms with E-state index in [0.717, 1.165) is 73.7 Å². The van der Waals surface area contributed by atoms with Crippen molar-refractivity contribution >= 4 is 0 Å². The predicted molar refractivity (Wildman–Crippen MR) is 168 cm³/mol. The van der Waals surface area contributed by atoms with Gasteiger partial charge >= 0.3 is 18.6 Å². The normalized spacial score (nSPS) is 12.0. The number of hydrogen-bond acceptors (Lipinski definition) is 2. The molecule has 0 fully saturated rings. The van der Waals surface area contributed by atoms with E-state index in [1.54, 1.807) is 12.1 Å². The largest absolute Gasteiger partial charge is 0.461 e. The molecule has 0 radical (unpaired) electrons. The van der Waals surface area contributed by atoms with Crippen LogP contribution in [-0.2, 0) is 12.5 Å². The third-order valence-electron chi connectivity index (χ3n) is 7.91. The molecule has 0 atom stereocenters. The lowest BCUT2D eigenvalue weighted by atomic mass is 9.99. The van der Waals surface area contributed by atoms with E-state index in [4.69, 9.17) is 0 Å². The Labute approximate surface area is 285 Å². The first-order valence-corrected chi connectivity index (χ1v) is 15.5. The van der Waals surface area contributed by atoms with Crippen molar-refractivity contribution in [3.05, 3.63) is 131 Å². The van der Waals surface area contributed by atoms with Gasteiger partial charge in [0.15, 0.2) is 17.4 Å². The summed E-state index contributed by atoms with van der Waals surface area (Å²) < 4.78 is 163. The van der Waals surface area contributed by atoms with Crippen molar-refractivity contribution in [1.82, 2.24) is 0 Å². The molecular weight excluding hydrogens is 697 g/mol. The molecule has 0 saturated heterocycles. The van der Waals surface area contributed by atoms with Gasteiger partial charge in [0.1, 0.15) is 23.2 Å². The number of hydrogen-bond donors (Lipinski definition) is 0. The molecule has 0 bridgehead atoms. The topological polar surface area (TPSA) is 18.5 Å². The minimum Gasteiger partial charge on any atom is -0.429 e. The molecule has 0 aliphatic carbocycles. The highest BCUT2D eigenvalue weighted by Crippen LogP contribution is 2.39. The highest BCUT2D eigenvalue weighted by atomic mass is 19.3. The van der Waals surface area contributed by atoms with E-state index in [1.807, 2.05) is 12.1 Å². The Morgan fingerprint density at radius 3 is 1.69 bits per heavy atom. The number of alkyl halides is 6. The van der Waals surface area contributed by atoms with E-state index in [0.29, 0.717) is 29.3 Å². The van der Waals surface area contributed by atoms with Crippen LogP contribution in [0.3, 0.4) is 0 Å². The van der Waals surface area contributed by atoms with E-state index in [1.165, 1.54) is 6.07 Å². The van der Waals surface area contributed by atoms with Crippen molar-refractivity contribution in [2.45, 2.75) is 51.2 Å². The summed E-state index contributed by atoms with van der Waals surface area (Å²) in [7, 11) is 0. The Kier molecular flexibility index (Phi) is 11.0. The Balaban J connectivity index is 1.31. The first-order chi connectivity index (χ1) is 24.1. The van der Waals surface area contributed by atoms with Crippen molar-refractivity contribution in [3.63, 3.8) is 0 Å². The van der Waals surface area contributed by atoms with Gasteiger partial charge in [-0.15, -0.1) is 0 Å². The van der Waals surface area contributed by atoms with Crippen molar-refractivity contribution < 1.29 is 57.8 Å². The minimum absolute atomic E-state index is 0.153. The summed E-state index contributed by atoms with van der Waals surface area (Å²) in [4.78, 5) is 0. The number of aryl methyl sites for hydroxylation is 1. The van der Waals surface area contributed by atoms with Crippen LogP contribution in [0.1, 0.15) is 37.3 Å². The van der Waals surface area contributed by atoms with Crippen LogP contribution in [0.2, 0.25) is 0 Å². The van der Waals surface area contributed by atoms with E-state index in [-0.39, 0.29) is 11.1 Å². The summed E-state index contributed by atoms with van der Waals surface area (Å²) in [6.07, 6.45) is -9.75. The van der Waals surface area contributed by atoms with Crippen molar-refractivity contribution in [2.24, 2.45) is 0 Å². The maximum Gasteiger partial charge on any atom is 0.461 e. The number of benzene rings is 5. The molecule has 0 spiro atoms. The van der Waals surface area contributed by atoms with Crippen molar-refractivity contribution in [1.29, 1.82) is 0 Å². The third kappa shape index (κ3) is 8.46. The molecule has 0 aromatic heterocycles. The van der Waals surface area contributed by atoms with Crippen LogP contribution in [0.5, 0.6) is 11.5 Å². The fourth-order valence-corrected chi connectivity index (χ4v) is 5.28.